The van der Waals surface area contributed by atoms with Crippen LogP contribution in [0, 0.1) is 13.8 Å². The highest BCUT2D eigenvalue weighted by Crippen LogP contribution is 2.25. The van der Waals surface area contributed by atoms with Gasteiger partial charge in [0.25, 0.3) is 5.91 Å². The Hall–Kier alpha value is -1.72. The Kier molecular flexibility index (Phi) is 9.99. The summed E-state index contributed by atoms with van der Waals surface area (Å²) in [7, 11) is 0. The highest BCUT2D eigenvalue weighted by atomic mass is 127. The summed E-state index contributed by atoms with van der Waals surface area (Å²) in [5.74, 6) is 0.772. The molecule has 0 radical (unpaired) electrons. The Balaban J connectivity index is 0.00000320. The average molecular weight is 543 g/mol. The normalized spacial score (nSPS) is 16.7. The molecule has 0 spiro atoms. The van der Waals surface area contributed by atoms with E-state index in [0.29, 0.717) is 24.6 Å². The summed E-state index contributed by atoms with van der Waals surface area (Å²) in [6, 6.07) is 8.35. The molecule has 1 aromatic heterocycles. The van der Waals surface area contributed by atoms with Crippen molar-refractivity contribution in [3.05, 3.63) is 51.5 Å². The van der Waals surface area contributed by atoms with E-state index in [1.807, 2.05) is 13.0 Å². The van der Waals surface area contributed by atoms with Crippen molar-refractivity contribution in [2.45, 2.75) is 26.9 Å². The number of nitrogens with one attached hydrogen (secondary N) is 2. The molecule has 0 saturated carbocycles. The lowest BCUT2D eigenvalue weighted by Crippen LogP contribution is -2.48. The van der Waals surface area contributed by atoms with Crippen molar-refractivity contribution < 1.29 is 9.53 Å². The number of guanidine groups is 1. The van der Waals surface area contributed by atoms with Gasteiger partial charge in [-0.15, -0.1) is 35.3 Å². The van der Waals surface area contributed by atoms with Gasteiger partial charge in [-0.05, 0) is 31.9 Å². The molecule has 1 amide bonds. The highest BCUT2D eigenvalue weighted by molar-refractivity contribution is 14.0. The van der Waals surface area contributed by atoms with Crippen LogP contribution in [0.3, 0.4) is 0 Å². The molecule has 1 fully saturated rings. The van der Waals surface area contributed by atoms with Crippen LogP contribution in [0.4, 0.5) is 0 Å². The van der Waals surface area contributed by atoms with Gasteiger partial charge in [-0.3, -0.25) is 9.79 Å². The number of aryl methyl sites for hydroxylation is 2. The van der Waals surface area contributed by atoms with Crippen LogP contribution in [-0.2, 0) is 4.74 Å². The fourth-order valence-electron chi connectivity index (χ4n) is 3.34. The Bertz CT molecular complexity index is 857. The second-order valence-corrected chi connectivity index (χ2v) is 7.78. The first-order valence-electron chi connectivity index (χ1n) is 9.98. The molecule has 1 atom stereocenters. The molecule has 1 saturated heterocycles. The first-order chi connectivity index (χ1) is 14.1. The van der Waals surface area contributed by atoms with Crippen LogP contribution in [0.2, 0.25) is 0 Å². The molecule has 1 aromatic carbocycles. The lowest BCUT2D eigenvalue weighted by molar-refractivity contribution is -0.00832. The van der Waals surface area contributed by atoms with E-state index in [4.69, 9.17) is 9.73 Å². The number of hydrogen-bond donors (Lipinski definition) is 2. The standard InChI is InChI=1S/C21H29N5O2S.HI/c1-4-22-21(24-10-9-23-20(27)19-16(3)25-14-29-19)26-11-12-28-18(13-26)17-8-6-5-7-15(17)2;/h5-8,14,18H,4,9-13H2,1-3H3,(H,22,24)(H,23,27);1H. The van der Waals surface area contributed by atoms with Gasteiger partial charge in [-0.2, -0.15) is 0 Å². The van der Waals surface area contributed by atoms with E-state index >= 15 is 0 Å². The number of aromatic nitrogens is 1. The van der Waals surface area contributed by atoms with Gasteiger partial charge in [0.2, 0.25) is 0 Å². The molecular formula is C21H30IN5O2S. The summed E-state index contributed by atoms with van der Waals surface area (Å²) in [4.78, 5) is 23.9. The third kappa shape index (κ3) is 6.39. The summed E-state index contributed by atoms with van der Waals surface area (Å²) in [5, 5.41) is 6.29. The number of carbonyl (C=O) groups excluding carboxylic acids is 1. The van der Waals surface area contributed by atoms with Crippen molar-refractivity contribution in [2.75, 3.05) is 39.3 Å². The van der Waals surface area contributed by atoms with Gasteiger partial charge in [-0.1, -0.05) is 24.3 Å². The summed E-state index contributed by atoms with van der Waals surface area (Å²) in [6.07, 6.45) is 0.0304. The van der Waals surface area contributed by atoms with Crippen molar-refractivity contribution in [1.82, 2.24) is 20.5 Å². The molecule has 1 aliphatic rings. The number of ether oxygens (including phenoxy) is 1. The van der Waals surface area contributed by atoms with Crippen LogP contribution >= 0.6 is 35.3 Å². The van der Waals surface area contributed by atoms with Gasteiger partial charge in [-0.25, -0.2) is 4.98 Å². The third-order valence-corrected chi connectivity index (χ3v) is 5.77. The van der Waals surface area contributed by atoms with E-state index in [1.165, 1.54) is 22.5 Å². The average Bonchev–Trinajstić information content (AvgIpc) is 3.16. The minimum absolute atomic E-state index is 0. The fraction of sp³-hybridized carbons (Fsp3) is 0.476. The number of benzene rings is 1. The molecule has 1 unspecified atom stereocenters. The maximum absolute atomic E-state index is 12.2. The second-order valence-electron chi connectivity index (χ2n) is 6.92. The quantitative estimate of drug-likeness (QED) is 0.254. The zero-order valence-electron chi connectivity index (χ0n) is 17.7. The molecule has 7 nitrogen and oxygen atoms in total. The zero-order chi connectivity index (χ0) is 20.6. The number of nitrogens with zero attached hydrogens (tertiary/aromatic N) is 3. The molecule has 0 aliphatic carbocycles. The van der Waals surface area contributed by atoms with Crippen LogP contribution in [0.5, 0.6) is 0 Å². The Morgan fingerprint density at radius 1 is 1.33 bits per heavy atom. The number of thiazole rings is 1. The Labute approximate surface area is 199 Å². The van der Waals surface area contributed by atoms with E-state index in [0.717, 1.165) is 31.3 Å². The molecular weight excluding hydrogens is 513 g/mol. The number of halogens is 1. The van der Waals surface area contributed by atoms with Crippen molar-refractivity contribution >= 4 is 47.2 Å². The number of rotatable bonds is 6. The monoisotopic (exact) mass is 543 g/mol. The number of amides is 1. The van der Waals surface area contributed by atoms with Crippen LogP contribution in [0.1, 0.15) is 39.5 Å². The minimum Gasteiger partial charge on any atom is -0.370 e. The van der Waals surface area contributed by atoms with E-state index in [-0.39, 0.29) is 36.0 Å². The first-order valence-corrected chi connectivity index (χ1v) is 10.9. The van der Waals surface area contributed by atoms with Crippen molar-refractivity contribution in [1.29, 1.82) is 0 Å². The minimum atomic E-state index is -0.0869. The Morgan fingerprint density at radius 3 is 2.83 bits per heavy atom. The van der Waals surface area contributed by atoms with E-state index in [2.05, 4.69) is 52.6 Å². The maximum Gasteiger partial charge on any atom is 0.263 e. The predicted molar refractivity (Wildman–Crippen MR) is 132 cm³/mol. The molecule has 9 heteroatoms. The van der Waals surface area contributed by atoms with Crippen LogP contribution < -0.4 is 10.6 Å². The predicted octanol–water partition coefficient (Wildman–Crippen LogP) is 3.15. The van der Waals surface area contributed by atoms with Gasteiger partial charge in [0.05, 0.1) is 30.9 Å². The first kappa shape index (κ1) is 24.5. The molecule has 1 aliphatic heterocycles. The number of hydrogen-bond acceptors (Lipinski definition) is 5. The van der Waals surface area contributed by atoms with E-state index in [1.54, 1.807) is 5.51 Å². The van der Waals surface area contributed by atoms with Gasteiger partial charge in [0.15, 0.2) is 5.96 Å². The van der Waals surface area contributed by atoms with Crippen LogP contribution in [-0.4, -0.2) is 61.1 Å². The second kappa shape index (κ2) is 12.2. The number of aliphatic imine (C=N–C) groups is 1. The molecule has 2 aromatic rings. The third-order valence-electron chi connectivity index (χ3n) is 4.85. The lowest BCUT2D eigenvalue weighted by Gasteiger charge is -2.35. The van der Waals surface area contributed by atoms with E-state index < -0.39 is 0 Å². The van der Waals surface area contributed by atoms with Gasteiger partial charge in [0, 0.05) is 19.6 Å². The summed E-state index contributed by atoms with van der Waals surface area (Å²) in [6.45, 7) is 10.0. The van der Waals surface area contributed by atoms with Gasteiger partial charge < -0.3 is 20.3 Å². The smallest absolute Gasteiger partial charge is 0.263 e. The summed E-state index contributed by atoms with van der Waals surface area (Å²) < 4.78 is 6.03. The zero-order valence-corrected chi connectivity index (χ0v) is 20.8. The maximum atomic E-state index is 12.2. The fourth-order valence-corrected chi connectivity index (χ4v) is 4.05. The summed E-state index contributed by atoms with van der Waals surface area (Å²) >= 11 is 1.36. The SMILES string of the molecule is CCNC(=NCCNC(=O)c1scnc1C)N1CCOC(c2ccccc2C)C1.I. The van der Waals surface area contributed by atoms with Crippen LogP contribution in [0.25, 0.3) is 0 Å². The Morgan fingerprint density at radius 2 is 2.13 bits per heavy atom. The van der Waals surface area contributed by atoms with Gasteiger partial charge in [0.1, 0.15) is 11.0 Å². The molecule has 0 bridgehead atoms. The van der Waals surface area contributed by atoms with Crippen molar-refractivity contribution in [3.63, 3.8) is 0 Å². The molecule has 164 valence electrons. The number of morpholine rings is 1. The number of carbonyl (C=O) groups is 1. The highest BCUT2D eigenvalue weighted by Gasteiger charge is 2.25. The lowest BCUT2D eigenvalue weighted by atomic mass is 10.0. The van der Waals surface area contributed by atoms with Crippen molar-refractivity contribution in [2.24, 2.45) is 4.99 Å². The van der Waals surface area contributed by atoms with Crippen LogP contribution in [0.15, 0.2) is 34.8 Å². The van der Waals surface area contributed by atoms with E-state index in [9.17, 15) is 4.79 Å². The van der Waals surface area contributed by atoms with Crippen molar-refractivity contribution in [3.8, 4) is 0 Å². The molecule has 2 heterocycles. The van der Waals surface area contributed by atoms with Gasteiger partial charge >= 0.3 is 0 Å². The topological polar surface area (TPSA) is 78.8 Å². The largest absolute Gasteiger partial charge is 0.370 e. The summed E-state index contributed by atoms with van der Waals surface area (Å²) in [5.41, 5.74) is 4.91. The molecule has 30 heavy (non-hydrogen) atoms. The molecule has 3 rings (SSSR count). The molecule has 2 N–H and O–H groups in total.